The lowest BCUT2D eigenvalue weighted by atomic mass is 10.0. The van der Waals surface area contributed by atoms with Crippen LogP contribution in [0.25, 0.3) is 0 Å². The van der Waals surface area contributed by atoms with Gasteiger partial charge in [-0.15, -0.1) is 0 Å². The monoisotopic (exact) mass is 252 g/mol. The molecule has 0 heterocycles. The molecule has 0 spiro atoms. The van der Waals surface area contributed by atoms with Gasteiger partial charge in [0.25, 0.3) is 5.91 Å². The van der Waals surface area contributed by atoms with Crippen molar-refractivity contribution >= 4 is 5.91 Å². The SMILES string of the molecule is CNC(=O)c1ccc(CNC(C)(CO)CO)cc1. The van der Waals surface area contributed by atoms with E-state index < -0.39 is 5.54 Å². The predicted octanol–water partition coefficient (Wildman–Crippen LogP) is -0.121. The number of aliphatic hydroxyl groups is 2. The molecule has 4 N–H and O–H groups in total. The predicted molar refractivity (Wildman–Crippen MR) is 69.2 cm³/mol. The number of carbonyl (C=O) groups is 1. The van der Waals surface area contributed by atoms with Crippen LogP contribution in [0.3, 0.4) is 0 Å². The molecular weight excluding hydrogens is 232 g/mol. The average Bonchev–Trinajstić information content (AvgIpc) is 2.44. The highest BCUT2D eigenvalue weighted by Crippen LogP contribution is 2.07. The average molecular weight is 252 g/mol. The number of hydrogen-bond donors (Lipinski definition) is 4. The summed E-state index contributed by atoms with van der Waals surface area (Å²) in [6.07, 6.45) is 0. The van der Waals surface area contributed by atoms with Gasteiger partial charge in [0.05, 0.1) is 18.8 Å². The number of amides is 1. The minimum Gasteiger partial charge on any atom is -0.394 e. The first-order valence-electron chi connectivity index (χ1n) is 5.82. The third kappa shape index (κ3) is 3.80. The molecule has 0 atom stereocenters. The number of benzene rings is 1. The molecule has 0 fully saturated rings. The van der Waals surface area contributed by atoms with Crippen molar-refractivity contribution < 1.29 is 15.0 Å². The highest BCUT2D eigenvalue weighted by molar-refractivity contribution is 5.93. The van der Waals surface area contributed by atoms with Gasteiger partial charge in [-0.25, -0.2) is 0 Å². The Morgan fingerprint density at radius 2 is 1.78 bits per heavy atom. The van der Waals surface area contributed by atoms with Gasteiger partial charge in [-0.1, -0.05) is 12.1 Å². The quantitative estimate of drug-likeness (QED) is 0.569. The van der Waals surface area contributed by atoms with Crippen LogP contribution in [0.5, 0.6) is 0 Å². The second-order valence-corrected chi connectivity index (χ2v) is 4.51. The van der Waals surface area contributed by atoms with Crippen molar-refractivity contribution in [3.05, 3.63) is 35.4 Å². The van der Waals surface area contributed by atoms with E-state index in [1.165, 1.54) is 0 Å². The summed E-state index contributed by atoms with van der Waals surface area (Å²) in [7, 11) is 1.59. The molecule has 0 unspecified atom stereocenters. The van der Waals surface area contributed by atoms with Gasteiger partial charge in [0, 0.05) is 19.2 Å². The van der Waals surface area contributed by atoms with E-state index in [2.05, 4.69) is 10.6 Å². The largest absolute Gasteiger partial charge is 0.394 e. The van der Waals surface area contributed by atoms with Crippen LogP contribution in [-0.4, -0.2) is 41.9 Å². The number of rotatable bonds is 6. The molecule has 0 aliphatic heterocycles. The first-order chi connectivity index (χ1) is 8.54. The molecule has 1 rings (SSSR count). The van der Waals surface area contributed by atoms with Gasteiger partial charge in [0.15, 0.2) is 0 Å². The van der Waals surface area contributed by atoms with Gasteiger partial charge in [0.2, 0.25) is 0 Å². The minimum atomic E-state index is -0.695. The lowest BCUT2D eigenvalue weighted by Crippen LogP contribution is -2.48. The molecule has 1 amide bonds. The highest BCUT2D eigenvalue weighted by atomic mass is 16.3. The number of carbonyl (C=O) groups excluding carboxylic acids is 1. The van der Waals surface area contributed by atoms with Crippen molar-refractivity contribution in [1.82, 2.24) is 10.6 Å². The molecule has 0 aliphatic rings. The van der Waals surface area contributed by atoms with E-state index in [-0.39, 0.29) is 19.1 Å². The molecule has 18 heavy (non-hydrogen) atoms. The summed E-state index contributed by atoms with van der Waals surface area (Å²) in [5, 5.41) is 23.9. The molecule has 5 nitrogen and oxygen atoms in total. The Hall–Kier alpha value is -1.43. The normalized spacial score (nSPS) is 11.3. The number of aliphatic hydroxyl groups excluding tert-OH is 2. The first kappa shape index (κ1) is 14.6. The van der Waals surface area contributed by atoms with E-state index in [1.54, 1.807) is 26.1 Å². The van der Waals surface area contributed by atoms with E-state index in [9.17, 15) is 4.79 Å². The van der Waals surface area contributed by atoms with Gasteiger partial charge < -0.3 is 20.8 Å². The molecule has 1 aromatic carbocycles. The molecule has 5 heteroatoms. The van der Waals surface area contributed by atoms with E-state index in [1.807, 2.05) is 12.1 Å². The Kier molecular flexibility index (Phi) is 5.27. The van der Waals surface area contributed by atoms with Gasteiger partial charge in [0.1, 0.15) is 0 Å². The summed E-state index contributed by atoms with van der Waals surface area (Å²) in [6, 6.07) is 7.16. The van der Waals surface area contributed by atoms with Crippen LogP contribution in [0.1, 0.15) is 22.8 Å². The van der Waals surface area contributed by atoms with Gasteiger partial charge in [-0.2, -0.15) is 0 Å². The molecule has 0 radical (unpaired) electrons. The van der Waals surface area contributed by atoms with E-state index >= 15 is 0 Å². The first-order valence-corrected chi connectivity index (χ1v) is 5.82. The van der Waals surface area contributed by atoms with Gasteiger partial charge in [-0.05, 0) is 24.6 Å². The third-order valence-electron chi connectivity index (χ3n) is 2.86. The topological polar surface area (TPSA) is 81.6 Å². The fourth-order valence-corrected chi connectivity index (χ4v) is 1.40. The van der Waals surface area contributed by atoms with Crippen LogP contribution in [0.15, 0.2) is 24.3 Å². The second-order valence-electron chi connectivity index (χ2n) is 4.51. The van der Waals surface area contributed by atoms with Crippen molar-refractivity contribution in [1.29, 1.82) is 0 Å². The van der Waals surface area contributed by atoms with Crippen LogP contribution in [0.2, 0.25) is 0 Å². The van der Waals surface area contributed by atoms with E-state index in [4.69, 9.17) is 10.2 Å². The van der Waals surface area contributed by atoms with Crippen LogP contribution >= 0.6 is 0 Å². The van der Waals surface area contributed by atoms with Crippen LogP contribution < -0.4 is 10.6 Å². The molecule has 0 aromatic heterocycles. The third-order valence-corrected chi connectivity index (χ3v) is 2.86. The molecule has 0 saturated carbocycles. The maximum absolute atomic E-state index is 11.3. The zero-order valence-corrected chi connectivity index (χ0v) is 10.7. The summed E-state index contributed by atoms with van der Waals surface area (Å²) >= 11 is 0. The Morgan fingerprint density at radius 1 is 1.22 bits per heavy atom. The van der Waals surface area contributed by atoms with Crippen molar-refractivity contribution in [2.45, 2.75) is 19.0 Å². The second kappa shape index (κ2) is 6.49. The van der Waals surface area contributed by atoms with Crippen LogP contribution in [0.4, 0.5) is 0 Å². The van der Waals surface area contributed by atoms with Gasteiger partial charge >= 0.3 is 0 Å². The molecular formula is C13H20N2O3. The summed E-state index contributed by atoms with van der Waals surface area (Å²) in [6.45, 7) is 1.98. The Bertz CT molecular complexity index is 386. The number of nitrogens with one attached hydrogen (secondary N) is 2. The highest BCUT2D eigenvalue weighted by Gasteiger charge is 2.20. The summed E-state index contributed by atoms with van der Waals surface area (Å²) in [4.78, 5) is 11.3. The van der Waals surface area contributed by atoms with Crippen molar-refractivity contribution in [2.24, 2.45) is 0 Å². The summed E-state index contributed by atoms with van der Waals surface area (Å²) in [5.41, 5.74) is 0.892. The zero-order chi connectivity index (χ0) is 13.6. The maximum atomic E-state index is 11.3. The van der Waals surface area contributed by atoms with Gasteiger partial charge in [-0.3, -0.25) is 4.79 Å². The smallest absolute Gasteiger partial charge is 0.251 e. The fraction of sp³-hybridized carbons (Fsp3) is 0.462. The molecule has 100 valence electrons. The van der Waals surface area contributed by atoms with Crippen LogP contribution in [-0.2, 0) is 6.54 Å². The maximum Gasteiger partial charge on any atom is 0.251 e. The Balaban J connectivity index is 2.62. The summed E-state index contributed by atoms with van der Waals surface area (Å²) in [5.74, 6) is -0.120. The van der Waals surface area contributed by atoms with E-state index in [0.29, 0.717) is 12.1 Å². The van der Waals surface area contributed by atoms with Crippen molar-refractivity contribution in [3.8, 4) is 0 Å². The molecule has 0 saturated heterocycles. The van der Waals surface area contributed by atoms with Crippen molar-refractivity contribution in [3.63, 3.8) is 0 Å². The van der Waals surface area contributed by atoms with E-state index in [0.717, 1.165) is 5.56 Å². The minimum absolute atomic E-state index is 0.120. The van der Waals surface area contributed by atoms with Crippen molar-refractivity contribution in [2.75, 3.05) is 20.3 Å². The van der Waals surface area contributed by atoms with Crippen LogP contribution in [0, 0.1) is 0 Å². The lowest BCUT2D eigenvalue weighted by molar-refractivity contribution is 0.0963. The zero-order valence-electron chi connectivity index (χ0n) is 10.7. The Morgan fingerprint density at radius 3 is 2.22 bits per heavy atom. The molecule has 0 aliphatic carbocycles. The molecule has 1 aromatic rings. The molecule has 0 bridgehead atoms. The standard InChI is InChI=1S/C13H20N2O3/c1-13(8-16,9-17)15-7-10-3-5-11(6-4-10)12(18)14-2/h3-6,15-17H,7-9H2,1-2H3,(H,14,18). The number of hydrogen-bond acceptors (Lipinski definition) is 4. The summed E-state index contributed by atoms with van der Waals surface area (Å²) < 4.78 is 0. The fourth-order valence-electron chi connectivity index (χ4n) is 1.40. The Labute approximate surface area is 107 Å². The lowest BCUT2D eigenvalue weighted by Gasteiger charge is -2.26.